The summed E-state index contributed by atoms with van der Waals surface area (Å²) in [4.78, 5) is 6.38. The van der Waals surface area contributed by atoms with Gasteiger partial charge >= 0.3 is 0 Å². The third-order valence-corrected chi connectivity index (χ3v) is 15.6. The zero-order valence-corrected chi connectivity index (χ0v) is 35.7. The number of thiophene rings is 4. The van der Waals surface area contributed by atoms with E-state index in [1.165, 1.54) is 169 Å². The molecule has 5 aromatic rings. The Labute approximate surface area is 322 Å². The SMILES string of the molecule is CCCCCCc1sc(-c2c3ccsc3c(-c3cc(CC(CC)CCCC)c(CCCCCC)s3)c3ccsc23)cc1CC(CC)CCCC. The third kappa shape index (κ3) is 9.94. The van der Waals surface area contributed by atoms with E-state index in [0.29, 0.717) is 0 Å². The maximum atomic E-state index is 2.65. The summed E-state index contributed by atoms with van der Waals surface area (Å²) in [7, 11) is 0. The number of fused-ring (bicyclic) bond motifs is 2. The van der Waals surface area contributed by atoms with Gasteiger partial charge in [-0.3, -0.25) is 0 Å². The molecule has 0 amide bonds. The van der Waals surface area contributed by atoms with E-state index in [9.17, 15) is 0 Å². The molecule has 2 atom stereocenters. The predicted octanol–water partition coefficient (Wildman–Crippen LogP) is 17.3. The molecule has 1 aromatic carbocycles. The first-order chi connectivity index (χ1) is 24.6. The molecule has 4 aromatic heterocycles. The Hall–Kier alpha value is -1.46. The molecule has 0 bridgehead atoms. The van der Waals surface area contributed by atoms with Crippen LogP contribution in [0.2, 0.25) is 0 Å². The summed E-state index contributed by atoms with van der Waals surface area (Å²) in [5, 5.41) is 7.71. The lowest BCUT2D eigenvalue weighted by Gasteiger charge is -2.15. The Morgan fingerprint density at radius 1 is 0.500 bits per heavy atom. The molecule has 50 heavy (non-hydrogen) atoms. The van der Waals surface area contributed by atoms with E-state index in [1.54, 1.807) is 20.9 Å². The van der Waals surface area contributed by atoms with Crippen LogP contribution < -0.4 is 0 Å². The monoisotopic (exact) mass is 746 g/mol. The molecule has 4 heterocycles. The number of hydrogen-bond acceptors (Lipinski definition) is 4. The molecule has 0 aliphatic carbocycles. The summed E-state index contributed by atoms with van der Waals surface area (Å²) in [5.41, 5.74) is 6.35. The minimum atomic E-state index is 0.801. The highest BCUT2D eigenvalue weighted by molar-refractivity contribution is 7.22. The molecule has 274 valence electrons. The Morgan fingerprint density at radius 2 is 0.920 bits per heavy atom. The van der Waals surface area contributed by atoms with Crippen molar-refractivity contribution >= 4 is 65.5 Å². The quantitative estimate of drug-likeness (QED) is 0.0552. The normalized spacial score (nSPS) is 13.2. The van der Waals surface area contributed by atoms with Crippen LogP contribution in [0.3, 0.4) is 0 Å². The van der Waals surface area contributed by atoms with Crippen molar-refractivity contribution in [2.24, 2.45) is 11.8 Å². The van der Waals surface area contributed by atoms with Crippen LogP contribution in [0.5, 0.6) is 0 Å². The average molecular weight is 747 g/mol. The maximum Gasteiger partial charge on any atom is 0.0442 e. The van der Waals surface area contributed by atoms with Crippen molar-refractivity contribution in [3.05, 3.63) is 55.9 Å². The van der Waals surface area contributed by atoms with Crippen LogP contribution >= 0.6 is 45.3 Å². The Bertz CT molecular complexity index is 1530. The number of benzene rings is 1. The van der Waals surface area contributed by atoms with E-state index in [4.69, 9.17) is 0 Å². The van der Waals surface area contributed by atoms with Gasteiger partial charge in [-0.15, -0.1) is 45.3 Å². The summed E-state index contributed by atoms with van der Waals surface area (Å²) < 4.78 is 3.01. The largest absolute Gasteiger partial charge is 0.143 e. The van der Waals surface area contributed by atoms with E-state index < -0.39 is 0 Å². The Morgan fingerprint density at radius 3 is 1.30 bits per heavy atom. The van der Waals surface area contributed by atoms with Crippen LogP contribution in [-0.2, 0) is 25.7 Å². The molecule has 0 aliphatic heterocycles. The van der Waals surface area contributed by atoms with Crippen molar-refractivity contribution < 1.29 is 0 Å². The van der Waals surface area contributed by atoms with E-state index in [0.717, 1.165) is 11.8 Å². The molecule has 2 unspecified atom stereocenters. The van der Waals surface area contributed by atoms with E-state index in [-0.39, 0.29) is 0 Å². The van der Waals surface area contributed by atoms with Gasteiger partial charge in [-0.05, 0) is 96.5 Å². The molecular weight excluding hydrogens is 681 g/mol. The van der Waals surface area contributed by atoms with Gasteiger partial charge in [0.2, 0.25) is 0 Å². The van der Waals surface area contributed by atoms with Gasteiger partial charge < -0.3 is 0 Å². The van der Waals surface area contributed by atoms with Gasteiger partial charge in [0, 0.05) is 50.8 Å². The first-order valence-corrected chi connectivity index (χ1v) is 24.1. The molecule has 5 rings (SSSR count). The van der Waals surface area contributed by atoms with E-state index in [2.05, 4.69) is 99.2 Å². The Balaban J connectivity index is 1.58. The molecule has 0 aliphatic rings. The molecule has 0 fully saturated rings. The van der Waals surface area contributed by atoms with Crippen LogP contribution in [0.15, 0.2) is 35.0 Å². The fourth-order valence-corrected chi connectivity index (χ4v) is 12.7. The maximum absolute atomic E-state index is 2.65. The van der Waals surface area contributed by atoms with E-state index in [1.807, 2.05) is 22.7 Å². The number of unbranched alkanes of at least 4 members (excludes halogenated alkanes) is 8. The van der Waals surface area contributed by atoms with Crippen molar-refractivity contribution in [3.8, 4) is 20.9 Å². The lowest BCUT2D eigenvalue weighted by Crippen LogP contribution is -2.04. The van der Waals surface area contributed by atoms with Crippen molar-refractivity contribution in [1.82, 2.24) is 0 Å². The minimum Gasteiger partial charge on any atom is -0.143 e. The van der Waals surface area contributed by atoms with Gasteiger partial charge in [-0.25, -0.2) is 0 Å². The number of hydrogen-bond donors (Lipinski definition) is 0. The highest BCUT2D eigenvalue weighted by Crippen LogP contribution is 2.51. The van der Waals surface area contributed by atoms with Crippen LogP contribution in [0, 0.1) is 11.8 Å². The molecule has 4 heteroatoms. The standard InChI is InChI=1S/C46H66S4/c1-7-13-17-19-23-39-35(29-33(11-5)21-15-9-3)31-41(49-39)43-37-25-27-48-46(37)44(38-26-28-47-45(38)43)42-32-36(30-34(12-6)22-16-10-4)40(50-42)24-20-18-14-8-2/h25-28,31-34H,7-24,29-30H2,1-6H3. The highest BCUT2D eigenvalue weighted by Gasteiger charge is 2.24. The highest BCUT2D eigenvalue weighted by atomic mass is 32.1. The fourth-order valence-electron chi connectivity index (χ4n) is 8.01. The lowest BCUT2D eigenvalue weighted by molar-refractivity contribution is 0.448. The topological polar surface area (TPSA) is 0 Å². The zero-order valence-electron chi connectivity index (χ0n) is 32.4. The van der Waals surface area contributed by atoms with Crippen LogP contribution in [0.4, 0.5) is 0 Å². The minimum absolute atomic E-state index is 0.801. The summed E-state index contributed by atoms with van der Waals surface area (Å²) in [6, 6.07) is 10.2. The summed E-state index contributed by atoms with van der Waals surface area (Å²) in [6.07, 6.45) is 26.3. The first kappa shape index (κ1) is 39.7. The smallest absolute Gasteiger partial charge is 0.0442 e. The number of rotatable bonds is 24. The van der Waals surface area contributed by atoms with Gasteiger partial charge in [-0.1, -0.05) is 131 Å². The van der Waals surface area contributed by atoms with Gasteiger partial charge in [-0.2, -0.15) is 0 Å². The zero-order chi connectivity index (χ0) is 35.3. The molecular formula is C46H66S4. The van der Waals surface area contributed by atoms with Gasteiger partial charge in [0.1, 0.15) is 0 Å². The molecule has 0 spiro atoms. The fraction of sp³-hybridized carbons (Fsp3) is 0.609. The van der Waals surface area contributed by atoms with Gasteiger partial charge in [0.05, 0.1) is 0 Å². The van der Waals surface area contributed by atoms with Crippen LogP contribution in [0.25, 0.3) is 41.1 Å². The van der Waals surface area contributed by atoms with Gasteiger partial charge in [0.25, 0.3) is 0 Å². The van der Waals surface area contributed by atoms with Crippen LogP contribution in [-0.4, -0.2) is 0 Å². The third-order valence-electron chi connectivity index (χ3n) is 11.2. The molecule has 0 N–H and O–H groups in total. The lowest BCUT2D eigenvalue weighted by atomic mass is 9.90. The summed E-state index contributed by atoms with van der Waals surface area (Å²) in [5.74, 6) is 1.60. The second kappa shape index (κ2) is 20.7. The predicted molar refractivity (Wildman–Crippen MR) is 234 cm³/mol. The Kier molecular flexibility index (Phi) is 16.4. The second-order valence-electron chi connectivity index (χ2n) is 15.1. The molecule has 0 saturated carbocycles. The summed E-state index contributed by atoms with van der Waals surface area (Å²) in [6.45, 7) is 14.2. The average Bonchev–Trinajstić information content (AvgIpc) is 3.95. The van der Waals surface area contributed by atoms with Crippen molar-refractivity contribution in [3.63, 3.8) is 0 Å². The molecule has 0 saturated heterocycles. The van der Waals surface area contributed by atoms with Gasteiger partial charge in [0.15, 0.2) is 0 Å². The first-order valence-electron chi connectivity index (χ1n) is 20.7. The van der Waals surface area contributed by atoms with E-state index >= 15 is 0 Å². The van der Waals surface area contributed by atoms with Crippen LogP contribution in [0.1, 0.15) is 165 Å². The summed E-state index contributed by atoms with van der Waals surface area (Å²) >= 11 is 8.22. The molecule has 0 nitrogen and oxygen atoms in total. The van der Waals surface area contributed by atoms with Crippen molar-refractivity contribution in [1.29, 1.82) is 0 Å². The second-order valence-corrected chi connectivity index (χ2v) is 19.2. The van der Waals surface area contributed by atoms with Crippen molar-refractivity contribution in [2.75, 3.05) is 0 Å². The number of aryl methyl sites for hydroxylation is 2. The molecule has 0 radical (unpaired) electrons. The van der Waals surface area contributed by atoms with Crippen molar-refractivity contribution in [2.45, 2.75) is 170 Å².